The van der Waals surface area contributed by atoms with Crippen molar-refractivity contribution in [3.05, 3.63) is 81.0 Å². The van der Waals surface area contributed by atoms with E-state index in [0.717, 1.165) is 21.8 Å². The van der Waals surface area contributed by atoms with Gasteiger partial charge in [0.05, 0.1) is 12.6 Å². The zero-order valence-electron chi connectivity index (χ0n) is 16.1. The molecule has 0 unspecified atom stereocenters. The minimum atomic E-state index is -0.389. The van der Waals surface area contributed by atoms with E-state index in [4.69, 9.17) is 16.3 Å². The Kier molecular flexibility index (Phi) is 8.07. The first-order valence-corrected chi connectivity index (χ1v) is 11.4. The summed E-state index contributed by atoms with van der Waals surface area (Å²) in [5.41, 5.74) is 4.16. The van der Waals surface area contributed by atoms with Crippen LogP contribution in [0.1, 0.15) is 27.7 Å². The van der Waals surface area contributed by atoms with Crippen molar-refractivity contribution in [3.63, 3.8) is 0 Å². The van der Waals surface area contributed by atoms with Gasteiger partial charge in [0.15, 0.2) is 0 Å². The molecule has 154 valence electrons. The molecule has 8 heteroatoms. The fourth-order valence-corrected chi connectivity index (χ4v) is 4.13. The Bertz CT molecular complexity index is 1040. The van der Waals surface area contributed by atoms with Gasteiger partial charge in [0.1, 0.15) is 10.6 Å². The summed E-state index contributed by atoms with van der Waals surface area (Å²) in [5.74, 6) is 0.734. The van der Waals surface area contributed by atoms with Crippen molar-refractivity contribution >= 4 is 52.8 Å². The maximum Gasteiger partial charge on any atom is 0.353 e. The van der Waals surface area contributed by atoms with Gasteiger partial charge in [0, 0.05) is 9.92 Å². The fourth-order valence-electron chi connectivity index (χ4n) is 2.55. The molecular weight excluding hydrogens is 440 g/mol. The lowest BCUT2D eigenvalue weighted by atomic mass is 10.1. The normalized spacial score (nSPS) is 10.9. The number of hydrogen-bond acceptors (Lipinski definition) is 6. The Labute approximate surface area is 188 Å². The number of hydrogen-bond donors (Lipinski definition) is 1. The van der Waals surface area contributed by atoms with Crippen molar-refractivity contribution in [1.29, 1.82) is 0 Å². The molecule has 0 bridgehead atoms. The summed E-state index contributed by atoms with van der Waals surface area (Å²) in [7, 11) is 0. The van der Waals surface area contributed by atoms with Crippen molar-refractivity contribution < 1.29 is 14.3 Å². The van der Waals surface area contributed by atoms with Crippen LogP contribution in [-0.4, -0.2) is 23.8 Å². The summed E-state index contributed by atoms with van der Waals surface area (Å²) in [5, 5.41) is 6.42. The van der Waals surface area contributed by atoms with Gasteiger partial charge in [0.25, 0.3) is 0 Å². The first-order valence-electron chi connectivity index (χ1n) is 9.14. The number of thiophene rings is 1. The highest BCUT2D eigenvalue weighted by Gasteiger charge is 2.10. The largest absolute Gasteiger partial charge is 0.422 e. The van der Waals surface area contributed by atoms with E-state index in [1.54, 1.807) is 54.2 Å². The van der Waals surface area contributed by atoms with Gasteiger partial charge in [-0.25, -0.2) is 10.2 Å². The molecule has 0 aliphatic heterocycles. The highest BCUT2D eigenvalue weighted by Crippen LogP contribution is 2.26. The summed E-state index contributed by atoms with van der Waals surface area (Å²) in [6, 6.07) is 15.9. The van der Waals surface area contributed by atoms with Gasteiger partial charge >= 0.3 is 5.97 Å². The van der Waals surface area contributed by atoms with E-state index < -0.39 is 0 Å². The van der Waals surface area contributed by atoms with Crippen LogP contribution in [0.3, 0.4) is 0 Å². The molecule has 0 radical (unpaired) electrons. The van der Waals surface area contributed by atoms with Crippen molar-refractivity contribution in [2.75, 3.05) is 5.75 Å². The van der Waals surface area contributed by atoms with Gasteiger partial charge in [-0.3, -0.25) is 4.79 Å². The van der Waals surface area contributed by atoms with E-state index in [0.29, 0.717) is 15.6 Å². The summed E-state index contributed by atoms with van der Waals surface area (Å²) >= 11 is 9.05. The quantitative estimate of drug-likeness (QED) is 0.161. The smallest absolute Gasteiger partial charge is 0.353 e. The molecule has 0 aliphatic rings. The molecular formula is C22H19ClN2O3S2. The molecule has 0 aliphatic carbocycles. The zero-order valence-corrected chi connectivity index (χ0v) is 18.5. The first-order chi connectivity index (χ1) is 14.5. The second-order valence-electron chi connectivity index (χ2n) is 6.09. The van der Waals surface area contributed by atoms with Crippen LogP contribution < -0.4 is 10.2 Å². The Morgan fingerprint density at radius 2 is 2.00 bits per heavy atom. The second-order valence-corrected chi connectivity index (χ2v) is 8.78. The molecule has 30 heavy (non-hydrogen) atoms. The predicted molar refractivity (Wildman–Crippen MR) is 123 cm³/mol. The molecule has 0 saturated carbocycles. The maximum absolute atomic E-state index is 12.2. The molecule has 2 aromatic carbocycles. The number of rotatable bonds is 8. The van der Waals surface area contributed by atoms with Gasteiger partial charge in [-0.2, -0.15) is 5.10 Å². The van der Waals surface area contributed by atoms with Crippen LogP contribution >= 0.6 is 34.7 Å². The zero-order chi connectivity index (χ0) is 21.3. The van der Waals surface area contributed by atoms with Crippen LogP contribution in [0.15, 0.2) is 70.0 Å². The minimum Gasteiger partial charge on any atom is -0.422 e. The van der Waals surface area contributed by atoms with E-state index >= 15 is 0 Å². The first kappa shape index (κ1) is 22.1. The molecule has 1 heterocycles. The summed E-state index contributed by atoms with van der Waals surface area (Å²) in [6.07, 6.45) is 1.72. The highest BCUT2D eigenvalue weighted by atomic mass is 35.5. The SMILES string of the molecule is CCSc1ccc(Cl)cc1CC(=O)N/N=C\c1ccc(OC(=O)c2cccs2)cc1. The van der Waals surface area contributed by atoms with E-state index in [9.17, 15) is 9.59 Å². The fraction of sp³-hybridized carbons (Fsp3) is 0.136. The molecule has 3 aromatic rings. The maximum atomic E-state index is 12.2. The van der Waals surface area contributed by atoms with E-state index in [2.05, 4.69) is 17.5 Å². The topological polar surface area (TPSA) is 67.8 Å². The number of hydrazone groups is 1. The van der Waals surface area contributed by atoms with Crippen molar-refractivity contribution in [1.82, 2.24) is 5.43 Å². The number of thioether (sulfide) groups is 1. The number of carbonyl (C=O) groups excluding carboxylic acids is 2. The van der Waals surface area contributed by atoms with Crippen LogP contribution in [0.4, 0.5) is 0 Å². The average Bonchev–Trinajstić information content (AvgIpc) is 3.26. The van der Waals surface area contributed by atoms with E-state index in [1.807, 2.05) is 17.5 Å². The molecule has 0 spiro atoms. The highest BCUT2D eigenvalue weighted by molar-refractivity contribution is 7.99. The predicted octanol–water partition coefficient (Wildman–Crippen LogP) is 5.43. The van der Waals surface area contributed by atoms with Crippen LogP contribution in [-0.2, 0) is 11.2 Å². The Balaban J connectivity index is 1.53. The summed E-state index contributed by atoms with van der Waals surface area (Å²) in [6.45, 7) is 2.06. The Morgan fingerprint density at radius 1 is 1.20 bits per heavy atom. The van der Waals surface area contributed by atoms with Crippen molar-refractivity contribution in [2.24, 2.45) is 5.10 Å². The number of amides is 1. The van der Waals surface area contributed by atoms with Gasteiger partial charge in [0.2, 0.25) is 5.91 Å². The van der Waals surface area contributed by atoms with Crippen LogP contribution in [0.25, 0.3) is 0 Å². The molecule has 1 aromatic heterocycles. The number of benzene rings is 2. The molecule has 1 N–H and O–H groups in total. The van der Waals surface area contributed by atoms with Crippen molar-refractivity contribution in [2.45, 2.75) is 18.2 Å². The van der Waals surface area contributed by atoms with Gasteiger partial charge in [-0.1, -0.05) is 24.6 Å². The molecule has 3 rings (SSSR count). The monoisotopic (exact) mass is 458 g/mol. The van der Waals surface area contributed by atoms with Crippen LogP contribution in [0.5, 0.6) is 5.75 Å². The molecule has 0 atom stereocenters. The Morgan fingerprint density at radius 3 is 2.70 bits per heavy atom. The Hall–Kier alpha value is -2.61. The van der Waals surface area contributed by atoms with Crippen LogP contribution in [0.2, 0.25) is 5.02 Å². The molecule has 0 fully saturated rings. The second kappa shape index (κ2) is 11.0. The van der Waals surface area contributed by atoms with Crippen molar-refractivity contribution in [3.8, 4) is 5.75 Å². The average molecular weight is 459 g/mol. The lowest BCUT2D eigenvalue weighted by Crippen LogP contribution is -2.20. The van der Waals surface area contributed by atoms with Gasteiger partial charge in [-0.15, -0.1) is 23.1 Å². The summed E-state index contributed by atoms with van der Waals surface area (Å²) in [4.78, 5) is 25.8. The number of esters is 1. The molecule has 5 nitrogen and oxygen atoms in total. The number of nitrogens with one attached hydrogen (secondary N) is 1. The number of nitrogens with zero attached hydrogens (tertiary/aromatic N) is 1. The third-order valence-corrected chi connectivity index (χ3v) is 5.97. The summed E-state index contributed by atoms with van der Waals surface area (Å²) < 4.78 is 5.31. The number of ether oxygens (including phenoxy) is 1. The number of carbonyl (C=O) groups is 2. The molecule has 1 amide bonds. The van der Waals surface area contributed by atoms with Gasteiger partial charge in [-0.05, 0) is 70.8 Å². The standard InChI is InChI=1S/C22H19ClN2O3S2/c1-2-29-19-10-7-17(23)12-16(19)13-21(26)25-24-14-15-5-8-18(9-6-15)28-22(27)20-4-3-11-30-20/h3-12,14H,2,13H2,1H3,(H,25,26)/b24-14-. The molecule has 0 saturated heterocycles. The van der Waals surface area contributed by atoms with E-state index in [-0.39, 0.29) is 18.3 Å². The van der Waals surface area contributed by atoms with E-state index in [1.165, 1.54) is 17.6 Å². The third-order valence-electron chi connectivity index (χ3n) is 3.89. The van der Waals surface area contributed by atoms with Crippen LogP contribution in [0, 0.1) is 0 Å². The lowest BCUT2D eigenvalue weighted by Gasteiger charge is -2.08. The lowest BCUT2D eigenvalue weighted by molar-refractivity contribution is -0.120. The minimum absolute atomic E-state index is 0.192. The number of halogens is 1. The third kappa shape index (κ3) is 6.45. The van der Waals surface area contributed by atoms with Gasteiger partial charge < -0.3 is 4.74 Å².